The Morgan fingerprint density at radius 2 is 1.83 bits per heavy atom. The molecule has 0 amide bonds. The summed E-state index contributed by atoms with van der Waals surface area (Å²) < 4.78 is 31.7. The van der Waals surface area contributed by atoms with Gasteiger partial charge in [0.25, 0.3) is 0 Å². The minimum Gasteiger partial charge on any atom is -0.390 e. The fourth-order valence-electron chi connectivity index (χ4n) is 3.32. The van der Waals surface area contributed by atoms with E-state index < -0.39 is 6.10 Å². The Morgan fingerprint density at radius 3 is 2.50 bits per heavy atom. The predicted molar refractivity (Wildman–Crippen MR) is 111 cm³/mol. The molecule has 0 bridgehead atoms. The normalized spacial score (nSPS) is 16.9. The first-order chi connectivity index (χ1) is 14.5. The van der Waals surface area contributed by atoms with Crippen molar-refractivity contribution in [2.24, 2.45) is 5.16 Å². The maximum atomic E-state index is 13.2. The van der Waals surface area contributed by atoms with Crippen molar-refractivity contribution in [1.82, 2.24) is 4.90 Å². The molecule has 2 aromatic rings. The van der Waals surface area contributed by atoms with Gasteiger partial charge < -0.3 is 14.7 Å². The van der Waals surface area contributed by atoms with E-state index in [-0.39, 0.29) is 24.3 Å². The lowest BCUT2D eigenvalue weighted by atomic mass is 10.0. The van der Waals surface area contributed by atoms with Crippen LogP contribution in [0.2, 0.25) is 0 Å². The quantitative estimate of drug-likeness (QED) is 0.450. The molecular weight excluding hydrogens is 390 g/mol. The van der Waals surface area contributed by atoms with Crippen LogP contribution in [-0.4, -0.2) is 54.2 Å². The predicted octanol–water partition coefficient (Wildman–Crippen LogP) is 3.52. The summed E-state index contributed by atoms with van der Waals surface area (Å²) in [7, 11) is 0. The third-order valence-electron chi connectivity index (χ3n) is 4.71. The van der Waals surface area contributed by atoms with E-state index >= 15 is 0 Å². The molecule has 3 rings (SSSR count). The first-order valence-corrected chi connectivity index (χ1v) is 9.85. The molecule has 7 heteroatoms. The second-order valence-electron chi connectivity index (χ2n) is 7.28. The Morgan fingerprint density at radius 1 is 1.17 bits per heavy atom. The highest BCUT2D eigenvalue weighted by atomic mass is 19.1. The number of aliphatic hydroxyl groups excluding tert-OH is 1. The smallest absolute Gasteiger partial charge is 0.145 e. The number of halogens is 2. The highest BCUT2D eigenvalue weighted by molar-refractivity contribution is 6.01. The molecule has 0 saturated carbocycles. The van der Waals surface area contributed by atoms with Crippen molar-refractivity contribution in [2.75, 3.05) is 26.3 Å². The van der Waals surface area contributed by atoms with Gasteiger partial charge in [0.05, 0.1) is 25.0 Å². The zero-order chi connectivity index (χ0) is 21.3. The van der Waals surface area contributed by atoms with Gasteiger partial charge in [-0.3, -0.25) is 4.90 Å². The molecule has 2 atom stereocenters. The van der Waals surface area contributed by atoms with Crippen molar-refractivity contribution < 1.29 is 23.5 Å². The lowest BCUT2D eigenvalue weighted by Crippen LogP contribution is -2.39. The van der Waals surface area contributed by atoms with E-state index in [1.807, 2.05) is 4.90 Å². The summed E-state index contributed by atoms with van der Waals surface area (Å²) in [6.07, 6.45) is 1.31. The third-order valence-corrected chi connectivity index (χ3v) is 4.71. The van der Waals surface area contributed by atoms with E-state index in [4.69, 9.17) is 9.57 Å². The Bertz CT molecular complexity index is 841. The van der Waals surface area contributed by atoms with Crippen LogP contribution in [0.5, 0.6) is 0 Å². The summed E-state index contributed by atoms with van der Waals surface area (Å²) in [6, 6.07) is 12.4. The van der Waals surface area contributed by atoms with Gasteiger partial charge in [0, 0.05) is 26.1 Å². The molecule has 2 unspecified atom stereocenters. The number of benzene rings is 2. The molecule has 30 heavy (non-hydrogen) atoms. The van der Waals surface area contributed by atoms with Crippen LogP contribution < -0.4 is 0 Å². The molecule has 0 fully saturated rings. The van der Waals surface area contributed by atoms with Gasteiger partial charge in [0.2, 0.25) is 0 Å². The molecule has 1 heterocycles. The van der Waals surface area contributed by atoms with Crippen LogP contribution in [0.4, 0.5) is 8.78 Å². The van der Waals surface area contributed by atoms with Crippen molar-refractivity contribution in [2.45, 2.75) is 25.2 Å². The molecule has 1 aliphatic heterocycles. The van der Waals surface area contributed by atoms with E-state index in [9.17, 15) is 13.9 Å². The summed E-state index contributed by atoms with van der Waals surface area (Å²) in [4.78, 5) is 7.61. The number of ether oxygens (including phenoxy) is 1. The van der Waals surface area contributed by atoms with Gasteiger partial charge in [0.1, 0.15) is 17.7 Å². The fourth-order valence-corrected chi connectivity index (χ4v) is 3.32. The molecule has 0 radical (unpaired) electrons. The summed E-state index contributed by atoms with van der Waals surface area (Å²) in [5, 5.41) is 14.5. The molecule has 0 aliphatic carbocycles. The van der Waals surface area contributed by atoms with E-state index in [0.717, 1.165) is 16.8 Å². The summed E-state index contributed by atoms with van der Waals surface area (Å²) in [5.41, 5.74) is 2.51. The number of hydrogen-bond acceptors (Lipinski definition) is 5. The molecule has 1 aliphatic rings. The van der Waals surface area contributed by atoms with Crippen molar-refractivity contribution in [3.05, 3.63) is 83.9 Å². The maximum absolute atomic E-state index is 13.2. The average Bonchev–Trinajstić information content (AvgIpc) is 3.19. The molecule has 0 saturated heterocycles. The fraction of sp³-hybridized carbons (Fsp3) is 0.348. The number of nitrogens with zero attached hydrogens (tertiary/aromatic N) is 2. The Balaban J connectivity index is 1.60. The molecular formula is C23H26F2N2O3. The van der Waals surface area contributed by atoms with Gasteiger partial charge in [-0.1, -0.05) is 35.5 Å². The second kappa shape index (κ2) is 11.0. The molecule has 160 valence electrons. The van der Waals surface area contributed by atoms with Gasteiger partial charge in [0.15, 0.2) is 0 Å². The van der Waals surface area contributed by atoms with Crippen LogP contribution in [0.3, 0.4) is 0 Å². The highest BCUT2D eigenvalue weighted by Gasteiger charge is 2.26. The van der Waals surface area contributed by atoms with Crippen LogP contribution in [0.1, 0.15) is 17.5 Å². The standard InChI is InChI=1S/C23H26F2N2O3/c1-2-11-29-16-21(28)14-27(13-17-3-7-19(24)8-4-17)15-22-12-23(26-30-22)18-5-9-20(25)10-6-18/h2-10,21-22,28H,1,11-16H2. The Hall–Kier alpha value is -2.61. The van der Waals surface area contributed by atoms with Gasteiger partial charge in [-0.2, -0.15) is 0 Å². The van der Waals surface area contributed by atoms with Crippen molar-refractivity contribution >= 4 is 5.71 Å². The largest absolute Gasteiger partial charge is 0.390 e. The van der Waals surface area contributed by atoms with Crippen LogP contribution in [0, 0.1) is 11.6 Å². The first-order valence-electron chi connectivity index (χ1n) is 9.85. The lowest BCUT2D eigenvalue weighted by molar-refractivity contribution is 0.00335. The van der Waals surface area contributed by atoms with Gasteiger partial charge >= 0.3 is 0 Å². The average molecular weight is 416 g/mol. The summed E-state index contributed by atoms with van der Waals surface area (Å²) in [6.45, 7) is 5.55. The van der Waals surface area contributed by atoms with E-state index in [1.165, 1.54) is 24.3 Å². The zero-order valence-electron chi connectivity index (χ0n) is 16.7. The van der Waals surface area contributed by atoms with Crippen LogP contribution >= 0.6 is 0 Å². The van der Waals surface area contributed by atoms with Crippen molar-refractivity contribution in [1.29, 1.82) is 0 Å². The lowest BCUT2D eigenvalue weighted by Gasteiger charge is -2.27. The number of hydrogen-bond donors (Lipinski definition) is 1. The summed E-state index contributed by atoms with van der Waals surface area (Å²) >= 11 is 0. The molecule has 2 aromatic carbocycles. The second-order valence-corrected chi connectivity index (χ2v) is 7.28. The van der Waals surface area contributed by atoms with Crippen LogP contribution in [0.25, 0.3) is 0 Å². The SMILES string of the molecule is C=CCOCC(O)CN(Cc1ccc(F)cc1)CC1CC(c2ccc(F)cc2)=NO1. The zero-order valence-corrected chi connectivity index (χ0v) is 16.7. The highest BCUT2D eigenvalue weighted by Crippen LogP contribution is 2.19. The number of oxime groups is 1. The molecule has 0 aromatic heterocycles. The Labute approximate surface area is 175 Å². The molecule has 1 N–H and O–H groups in total. The minimum atomic E-state index is -0.690. The van der Waals surface area contributed by atoms with Gasteiger partial charge in [-0.05, 0) is 35.4 Å². The van der Waals surface area contributed by atoms with Crippen molar-refractivity contribution in [3.63, 3.8) is 0 Å². The van der Waals surface area contributed by atoms with Crippen LogP contribution in [-0.2, 0) is 16.1 Å². The molecule has 5 nitrogen and oxygen atoms in total. The van der Waals surface area contributed by atoms with Crippen molar-refractivity contribution in [3.8, 4) is 0 Å². The van der Waals surface area contributed by atoms with E-state index in [1.54, 1.807) is 30.3 Å². The minimum absolute atomic E-state index is 0.189. The topological polar surface area (TPSA) is 54.3 Å². The van der Waals surface area contributed by atoms with E-state index in [2.05, 4.69) is 11.7 Å². The van der Waals surface area contributed by atoms with Gasteiger partial charge in [-0.25, -0.2) is 8.78 Å². The number of aliphatic hydroxyl groups is 1. The maximum Gasteiger partial charge on any atom is 0.145 e. The third kappa shape index (κ3) is 6.73. The summed E-state index contributed by atoms with van der Waals surface area (Å²) in [5.74, 6) is -0.590. The van der Waals surface area contributed by atoms with Crippen LogP contribution in [0.15, 0.2) is 66.3 Å². The number of rotatable bonds is 11. The Kier molecular flexibility index (Phi) is 8.07. The molecule has 0 spiro atoms. The first kappa shape index (κ1) is 22.1. The monoisotopic (exact) mass is 416 g/mol. The van der Waals surface area contributed by atoms with Gasteiger partial charge in [-0.15, -0.1) is 6.58 Å². The van der Waals surface area contributed by atoms with E-state index in [0.29, 0.717) is 32.7 Å².